The third kappa shape index (κ3) is 4.47. The molecule has 1 amide bonds. The Morgan fingerprint density at radius 3 is 2.34 bits per heavy atom. The van der Waals surface area contributed by atoms with Gasteiger partial charge in [-0.25, -0.2) is 4.39 Å². The number of nitrogens with zero attached hydrogens (tertiary/aromatic N) is 5. The summed E-state index contributed by atoms with van der Waals surface area (Å²) in [4.78, 5) is 27.6. The van der Waals surface area contributed by atoms with E-state index in [1.54, 1.807) is 41.3 Å². The van der Waals surface area contributed by atoms with Crippen LogP contribution in [-0.2, 0) is 11.0 Å². The number of benzene rings is 2. The highest BCUT2D eigenvalue weighted by Gasteiger charge is 2.39. The Labute approximate surface area is 219 Å². The summed E-state index contributed by atoms with van der Waals surface area (Å²) in [6.07, 6.45) is -3.67. The quantitative estimate of drug-likeness (QED) is 0.243. The molecule has 2 aromatic carbocycles. The van der Waals surface area contributed by atoms with Crippen molar-refractivity contribution in [1.29, 1.82) is 0 Å². The monoisotopic (exact) mass is 545 g/mol. The third-order valence-electron chi connectivity index (χ3n) is 6.38. The lowest BCUT2D eigenvalue weighted by molar-refractivity contribution is -0.136. The summed E-state index contributed by atoms with van der Waals surface area (Å²) in [5.41, 5.74) is -1.45. The molecule has 3 heterocycles. The number of hydrogen-bond acceptors (Lipinski definition) is 6. The van der Waals surface area contributed by atoms with Crippen LogP contribution in [0.5, 0.6) is 6.01 Å². The van der Waals surface area contributed by atoms with E-state index in [1.807, 2.05) is 0 Å². The van der Waals surface area contributed by atoms with Gasteiger partial charge in [0.1, 0.15) is 11.0 Å². The van der Waals surface area contributed by atoms with Crippen molar-refractivity contribution in [2.75, 3.05) is 38.2 Å². The van der Waals surface area contributed by atoms with E-state index in [2.05, 4.69) is 21.5 Å². The fourth-order valence-electron chi connectivity index (χ4n) is 4.65. The summed E-state index contributed by atoms with van der Waals surface area (Å²) in [6, 6.07) is 9.79. The number of carbonyl (C=O) groups is 1. The number of amides is 1. The van der Waals surface area contributed by atoms with Gasteiger partial charge in [-0.2, -0.15) is 23.1 Å². The largest absolute Gasteiger partial charge is 0.467 e. The highest BCUT2D eigenvalue weighted by Crippen LogP contribution is 2.44. The Kier molecular flexibility index (Phi) is 6.56. The molecule has 196 valence electrons. The zero-order valence-corrected chi connectivity index (χ0v) is 20.8. The SMILES string of the molecule is C=C(F)C(=O)N1CCN(c2nc(OC)nc3c(C(F)(F)F)c(-c4cccc5cccc(Cl)c45)cnc23)CC1. The Hall–Kier alpha value is -3.99. The molecule has 0 bridgehead atoms. The van der Waals surface area contributed by atoms with Crippen molar-refractivity contribution < 1.29 is 27.1 Å². The lowest BCUT2D eigenvalue weighted by atomic mass is 9.94. The van der Waals surface area contributed by atoms with Crippen LogP contribution in [0.3, 0.4) is 0 Å². The molecule has 5 rings (SSSR count). The van der Waals surface area contributed by atoms with Crippen LogP contribution in [0, 0.1) is 0 Å². The normalized spacial score (nSPS) is 14.3. The Bertz CT molecular complexity index is 1580. The summed E-state index contributed by atoms with van der Waals surface area (Å²) < 4.78 is 62.6. The molecule has 0 aliphatic carbocycles. The minimum absolute atomic E-state index is 0.0807. The molecule has 0 saturated carbocycles. The molecule has 38 heavy (non-hydrogen) atoms. The van der Waals surface area contributed by atoms with Crippen molar-refractivity contribution in [3.05, 3.63) is 65.6 Å². The maximum absolute atomic E-state index is 14.7. The first-order chi connectivity index (χ1) is 18.1. The van der Waals surface area contributed by atoms with E-state index >= 15 is 0 Å². The van der Waals surface area contributed by atoms with Gasteiger partial charge in [-0.3, -0.25) is 9.78 Å². The number of fused-ring (bicyclic) bond motifs is 2. The number of aromatic nitrogens is 3. The van der Waals surface area contributed by atoms with Crippen molar-refractivity contribution in [3.8, 4) is 17.1 Å². The summed E-state index contributed by atoms with van der Waals surface area (Å²) in [7, 11) is 1.25. The summed E-state index contributed by atoms with van der Waals surface area (Å²) in [5, 5.41) is 1.43. The zero-order valence-electron chi connectivity index (χ0n) is 20.0. The number of rotatable bonds is 4. The maximum Gasteiger partial charge on any atom is 0.419 e. The van der Waals surface area contributed by atoms with Gasteiger partial charge < -0.3 is 14.5 Å². The number of pyridine rings is 1. The van der Waals surface area contributed by atoms with Crippen LogP contribution in [0.4, 0.5) is 23.4 Å². The smallest absolute Gasteiger partial charge is 0.419 e. The van der Waals surface area contributed by atoms with Gasteiger partial charge in [0, 0.05) is 48.3 Å². The Morgan fingerprint density at radius 1 is 1.03 bits per heavy atom. The maximum atomic E-state index is 14.7. The van der Waals surface area contributed by atoms with Crippen LogP contribution in [0.2, 0.25) is 5.02 Å². The van der Waals surface area contributed by atoms with Crippen molar-refractivity contribution in [1.82, 2.24) is 19.9 Å². The topological polar surface area (TPSA) is 71.5 Å². The van der Waals surface area contributed by atoms with Crippen LogP contribution in [0.25, 0.3) is 32.9 Å². The van der Waals surface area contributed by atoms with Crippen LogP contribution in [-0.4, -0.2) is 59.0 Å². The molecule has 4 aromatic rings. The number of methoxy groups -OCH3 is 1. The second-order valence-electron chi connectivity index (χ2n) is 8.60. The summed E-state index contributed by atoms with van der Waals surface area (Å²) in [6.45, 7) is 3.62. The van der Waals surface area contributed by atoms with Gasteiger partial charge in [-0.1, -0.05) is 48.5 Å². The molecule has 1 aliphatic rings. The van der Waals surface area contributed by atoms with Gasteiger partial charge in [-0.15, -0.1) is 0 Å². The average Bonchev–Trinajstić information content (AvgIpc) is 2.90. The van der Waals surface area contributed by atoms with Gasteiger partial charge in [0.25, 0.3) is 5.91 Å². The fourth-order valence-corrected chi connectivity index (χ4v) is 4.94. The average molecular weight is 546 g/mol. The molecule has 0 N–H and O–H groups in total. The predicted molar refractivity (Wildman–Crippen MR) is 136 cm³/mol. The van der Waals surface area contributed by atoms with Crippen molar-refractivity contribution in [3.63, 3.8) is 0 Å². The van der Waals surface area contributed by atoms with E-state index < -0.39 is 29.0 Å². The van der Waals surface area contributed by atoms with Crippen LogP contribution in [0.15, 0.2) is 55.0 Å². The van der Waals surface area contributed by atoms with Gasteiger partial charge in [0.15, 0.2) is 11.6 Å². The van der Waals surface area contributed by atoms with Crippen LogP contribution in [0.1, 0.15) is 5.56 Å². The van der Waals surface area contributed by atoms with E-state index in [9.17, 15) is 22.4 Å². The van der Waals surface area contributed by atoms with E-state index in [0.29, 0.717) is 15.8 Å². The number of halogens is 5. The second kappa shape index (κ2) is 9.71. The first-order valence-corrected chi connectivity index (χ1v) is 11.9. The standard InChI is InChI=1S/C26H20ClF4N5O2/c1-14(28)24(37)36-11-9-35(10-12-36)23-22-21(33-25(34-23)38-2)20(26(29,30)31)17(13-32-22)16-7-3-5-15-6-4-8-18(27)19(15)16/h3-8,13H,1,9-12H2,2H3. The second-order valence-corrected chi connectivity index (χ2v) is 9.01. The van der Waals surface area contributed by atoms with Crippen molar-refractivity contribution in [2.45, 2.75) is 6.18 Å². The molecule has 0 unspecified atom stereocenters. The van der Waals surface area contributed by atoms with Crippen LogP contribution >= 0.6 is 11.6 Å². The minimum atomic E-state index is -4.82. The Balaban J connectivity index is 1.70. The molecule has 0 radical (unpaired) electrons. The van der Waals surface area contributed by atoms with Crippen molar-refractivity contribution >= 4 is 45.1 Å². The summed E-state index contributed by atoms with van der Waals surface area (Å²) >= 11 is 6.41. The number of hydrogen-bond donors (Lipinski definition) is 0. The molecule has 1 fully saturated rings. The summed E-state index contributed by atoms with van der Waals surface area (Å²) in [5.74, 6) is -1.79. The van der Waals surface area contributed by atoms with Crippen molar-refractivity contribution in [2.24, 2.45) is 0 Å². The molecule has 7 nitrogen and oxygen atoms in total. The van der Waals surface area contributed by atoms with Gasteiger partial charge in [-0.05, 0) is 17.0 Å². The molecule has 0 spiro atoms. The highest BCUT2D eigenvalue weighted by molar-refractivity contribution is 6.36. The molecule has 12 heteroatoms. The first-order valence-electron chi connectivity index (χ1n) is 11.5. The van der Waals surface area contributed by atoms with E-state index in [1.165, 1.54) is 12.0 Å². The van der Waals surface area contributed by atoms with E-state index in [0.717, 1.165) is 6.20 Å². The van der Waals surface area contributed by atoms with Crippen LogP contribution < -0.4 is 9.64 Å². The fraction of sp³-hybridized carbons (Fsp3) is 0.231. The minimum Gasteiger partial charge on any atom is -0.467 e. The third-order valence-corrected chi connectivity index (χ3v) is 6.70. The molecular formula is C26H20ClF4N5O2. The number of alkyl halides is 3. The highest BCUT2D eigenvalue weighted by atomic mass is 35.5. The van der Waals surface area contributed by atoms with Gasteiger partial charge >= 0.3 is 12.2 Å². The van der Waals surface area contributed by atoms with E-state index in [4.69, 9.17) is 16.3 Å². The molecular weight excluding hydrogens is 526 g/mol. The number of anilines is 1. The lowest BCUT2D eigenvalue weighted by Gasteiger charge is -2.35. The molecule has 2 aromatic heterocycles. The van der Waals surface area contributed by atoms with Gasteiger partial charge in [0.05, 0.1) is 12.7 Å². The number of piperazine rings is 1. The Morgan fingerprint density at radius 2 is 1.71 bits per heavy atom. The number of carbonyl (C=O) groups excluding carboxylic acids is 1. The zero-order chi connectivity index (χ0) is 27.2. The molecule has 1 aliphatic heterocycles. The number of ether oxygens (including phenoxy) is 1. The van der Waals surface area contributed by atoms with Gasteiger partial charge in [0.2, 0.25) is 0 Å². The molecule has 1 saturated heterocycles. The van der Waals surface area contributed by atoms with E-state index in [-0.39, 0.29) is 54.7 Å². The first kappa shape index (κ1) is 25.7. The molecule has 0 atom stereocenters. The lowest BCUT2D eigenvalue weighted by Crippen LogP contribution is -2.49. The predicted octanol–water partition coefficient (Wildman–Crippen LogP) is 5.66.